The van der Waals surface area contributed by atoms with Crippen molar-refractivity contribution < 1.29 is 4.74 Å². The van der Waals surface area contributed by atoms with Crippen molar-refractivity contribution in [2.75, 3.05) is 42.6 Å². The van der Waals surface area contributed by atoms with Crippen LogP contribution in [0.3, 0.4) is 0 Å². The number of nitrogens with zero attached hydrogens (tertiary/aromatic N) is 3. The maximum Gasteiger partial charge on any atom is 0.142 e. The van der Waals surface area contributed by atoms with Gasteiger partial charge in [-0.15, -0.1) is 0 Å². The average molecular weight is 297 g/mol. The quantitative estimate of drug-likeness (QED) is 0.867. The third-order valence-electron chi connectivity index (χ3n) is 3.98. The van der Waals surface area contributed by atoms with Gasteiger partial charge in [-0.3, -0.25) is 0 Å². The molecule has 1 aromatic carbocycles. The topological polar surface area (TPSA) is 28.6 Å². The summed E-state index contributed by atoms with van der Waals surface area (Å²) < 4.78 is 5.75. The summed E-state index contributed by atoms with van der Waals surface area (Å²) in [7, 11) is 0. The van der Waals surface area contributed by atoms with Crippen molar-refractivity contribution in [1.82, 2.24) is 4.98 Å². The van der Waals surface area contributed by atoms with Crippen LogP contribution in [0.1, 0.15) is 12.6 Å². The zero-order valence-electron chi connectivity index (χ0n) is 13.3. The Kier molecular flexibility index (Phi) is 4.47. The molecule has 0 amide bonds. The molecule has 116 valence electrons. The molecule has 22 heavy (non-hydrogen) atoms. The summed E-state index contributed by atoms with van der Waals surface area (Å²) in [6, 6.07) is 14.5. The fourth-order valence-corrected chi connectivity index (χ4v) is 2.88. The molecule has 1 aliphatic heterocycles. The number of benzene rings is 1. The average Bonchev–Trinajstić information content (AvgIpc) is 2.56. The van der Waals surface area contributed by atoms with E-state index in [2.05, 4.69) is 39.0 Å². The molecule has 1 aromatic heterocycles. The summed E-state index contributed by atoms with van der Waals surface area (Å²) in [4.78, 5) is 9.38. The van der Waals surface area contributed by atoms with Crippen molar-refractivity contribution in [3.8, 4) is 5.75 Å². The molecular formula is C18H23N3O. The van der Waals surface area contributed by atoms with Crippen molar-refractivity contribution in [3.05, 3.63) is 48.2 Å². The third kappa shape index (κ3) is 3.16. The number of para-hydroxylation sites is 2. The van der Waals surface area contributed by atoms with Gasteiger partial charge in [0.05, 0.1) is 12.3 Å². The summed E-state index contributed by atoms with van der Waals surface area (Å²) in [5.74, 6) is 2.06. The van der Waals surface area contributed by atoms with Gasteiger partial charge in [0.25, 0.3) is 0 Å². The van der Waals surface area contributed by atoms with Crippen LogP contribution in [0.25, 0.3) is 0 Å². The zero-order valence-corrected chi connectivity index (χ0v) is 13.3. The predicted octanol–water partition coefficient (Wildman–Crippen LogP) is 3.12. The highest BCUT2D eigenvalue weighted by Gasteiger charge is 2.20. The van der Waals surface area contributed by atoms with Gasteiger partial charge in [-0.05, 0) is 38.1 Å². The molecule has 4 nitrogen and oxygen atoms in total. The predicted molar refractivity (Wildman–Crippen MR) is 91.0 cm³/mol. The molecule has 0 aliphatic carbocycles. The second-order valence-corrected chi connectivity index (χ2v) is 5.51. The highest BCUT2D eigenvalue weighted by atomic mass is 16.5. The maximum absolute atomic E-state index is 5.75. The normalized spacial score (nSPS) is 15.0. The Labute approximate surface area is 132 Å². The second-order valence-electron chi connectivity index (χ2n) is 5.51. The molecule has 3 rings (SSSR count). The van der Waals surface area contributed by atoms with Crippen molar-refractivity contribution in [1.29, 1.82) is 0 Å². The largest absolute Gasteiger partial charge is 0.492 e. The molecule has 4 heteroatoms. The highest BCUT2D eigenvalue weighted by molar-refractivity contribution is 5.59. The van der Waals surface area contributed by atoms with Gasteiger partial charge in [0.15, 0.2) is 0 Å². The van der Waals surface area contributed by atoms with Gasteiger partial charge in [-0.1, -0.05) is 18.2 Å². The Morgan fingerprint density at radius 1 is 0.955 bits per heavy atom. The first-order valence-electron chi connectivity index (χ1n) is 7.93. The molecule has 0 spiro atoms. The Morgan fingerprint density at radius 2 is 1.68 bits per heavy atom. The number of hydrogen-bond acceptors (Lipinski definition) is 4. The first kappa shape index (κ1) is 14.7. The monoisotopic (exact) mass is 297 g/mol. The number of hydrogen-bond donors (Lipinski definition) is 0. The van der Waals surface area contributed by atoms with E-state index in [4.69, 9.17) is 4.74 Å². The molecule has 0 radical (unpaired) electrons. The summed E-state index contributed by atoms with van der Waals surface area (Å²) >= 11 is 0. The van der Waals surface area contributed by atoms with Gasteiger partial charge in [0, 0.05) is 31.9 Å². The third-order valence-corrected chi connectivity index (χ3v) is 3.98. The number of anilines is 2. The van der Waals surface area contributed by atoms with Gasteiger partial charge in [0.2, 0.25) is 0 Å². The lowest BCUT2D eigenvalue weighted by Gasteiger charge is -2.37. The Bertz CT molecular complexity index is 621. The lowest BCUT2D eigenvalue weighted by molar-refractivity contribution is 0.340. The highest BCUT2D eigenvalue weighted by Crippen LogP contribution is 2.29. The molecule has 1 aliphatic rings. The Balaban J connectivity index is 1.69. The van der Waals surface area contributed by atoms with E-state index in [0.717, 1.165) is 43.4 Å². The molecule has 0 bridgehead atoms. The molecular weight excluding hydrogens is 274 g/mol. The van der Waals surface area contributed by atoms with Crippen LogP contribution in [0.5, 0.6) is 5.75 Å². The lowest BCUT2D eigenvalue weighted by atomic mass is 10.2. The fourth-order valence-electron chi connectivity index (χ4n) is 2.88. The van der Waals surface area contributed by atoms with Crippen molar-refractivity contribution >= 4 is 11.5 Å². The number of rotatable bonds is 4. The van der Waals surface area contributed by atoms with Gasteiger partial charge >= 0.3 is 0 Å². The van der Waals surface area contributed by atoms with Crippen molar-refractivity contribution in [2.24, 2.45) is 0 Å². The molecule has 0 atom stereocenters. The summed E-state index contributed by atoms with van der Waals surface area (Å²) in [5.41, 5.74) is 2.27. The van der Waals surface area contributed by atoms with Crippen LogP contribution in [-0.2, 0) is 0 Å². The fraction of sp³-hybridized carbons (Fsp3) is 0.389. The van der Waals surface area contributed by atoms with E-state index in [0.29, 0.717) is 6.61 Å². The van der Waals surface area contributed by atoms with Crippen molar-refractivity contribution in [3.63, 3.8) is 0 Å². The van der Waals surface area contributed by atoms with Crippen LogP contribution < -0.4 is 14.5 Å². The van der Waals surface area contributed by atoms with E-state index >= 15 is 0 Å². The number of piperazine rings is 1. The van der Waals surface area contributed by atoms with Crippen LogP contribution in [-0.4, -0.2) is 37.8 Å². The molecule has 0 saturated carbocycles. The number of ether oxygens (including phenoxy) is 1. The molecule has 2 heterocycles. The first-order valence-corrected chi connectivity index (χ1v) is 7.93. The zero-order chi connectivity index (χ0) is 15.4. The maximum atomic E-state index is 5.75. The Hall–Kier alpha value is -2.23. The van der Waals surface area contributed by atoms with E-state index in [9.17, 15) is 0 Å². The van der Waals surface area contributed by atoms with E-state index in [1.165, 1.54) is 5.69 Å². The van der Waals surface area contributed by atoms with Crippen LogP contribution in [0, 0.1) is 6.92 Å². The number of aromatic nitrogens is 1. The summed E-state index contributed by atoms with van der Waals surface area (Å²) in [5, 5.41) is 0. The molecule has 1 saturated heterocycles. The van der Waals surface area contributed by atoms with E-state index in [-0.39, 0.29) is 0 Å². The van der Waals surface area contributed by atoms with Crippen LogP contribution in [0.15, 0.2) is 42.5 Å². The van der Waals surface area contributed by atoms with Gasteiger partial charge in [0.1, 0.15) is 11.6 Å². The van der Waals surface area contributed by atoms with Crippen molar-refractivity contribution in [2.45, 2.75) is 13.8 Å². The van der Waals surface area contributed by atoms with Gasteiger partial charge in [-0.2, -0.15) is 0 Å². The smallest absolute Gasteiger partial charge is 0.142 e. The van der Waals surface area contributed by atoms with Crippen LogP contribution in [0.4, 0.5) is 11.5 Å². The minimum atomic E-state index is 0.699. The lowest BCUT2D eigenvalue weighted by Crippen LogP contribution is -2.47. The van der Waals surface area contributed by atoms with Gasteiger partial charge in [-0.25, -0.2) is 4.98 Å². The Morgan fingerprint density at radius 3 is 2.41 bits per heavy atom. The molecule has 1 fully saturated rings. The second kappa shape index (κ2) is 6.69. The molecule has 2 aromatic rings. The summed E-state index contributed by atoms with van der Waals surface area (Å²) in [6.45, 7) is 8.70. The minimum Gasteiger partial charge on any atom is -0.492 e. The summed E-state index contributed by atoms with van der Waals surface area (Å²) in [6.07, 6.45) is 0. The SMILES string of the molecule is CCOc1ccccc1N1CCN(c2cccc(C)n2)CC1. The number of aryl methyl sites for hydroxylation is 1. The molecule has 0 unspecified atom stereocenters. The van der Waals surface area contributed by atoms with E-state index < -0.39 is 0 Å². The standard InChI is InChI=1S/C18H23N3O/c1-3-22-17-9-5-4-8-16(17)20-11-13-21(14-12-20)18-10-6-7-15(2)19-18/h4-10H,3,11-14H2,1-2H3. The minimum absolute atomic E-state index is 0.699. The van der Waals surface area contributed by atoms with Crippen LogP contribution >= 0.6 is 0 Å². The van der Waals surface area contributed by atoms with E-state index in [1.807, 2.05) is 32.0 Å². The first-order chi connectivity index (χ1) is 10.8. The van der Waals surface area contributed by atoms with Crippen LogP contribution in [0.2, 0.25) is 0 Å². The van der Waals surface area contributed by atoms with E-state index in [1.54, 1.807) is 0 Å². The van der Waals surface area contributed by atoms with Gasteiger partial charge < -0.3 is 14.5 Å². The number of pyridine rings is 1. The molecule has 0 N–H and O–H groups in total.